The molecule has 118 valence electrons. The molecule has 1 amide bonds. The van der Waals surface area contributed by atoms with Gasteiger partial charge in [0.25, 0.3) is 0 Å². The van der Waals surface area contributed by atoms with Gasteiger partial charge in [0, 0.05) is 24.1 Å². The third kappa shape index (κ3) is 4.41. The number of benzene rings is 1. The number of nitrogens with one attached hydrogen (secondary N) is 1. The number of carbonyl (C=O) groups is 1. The lowest BCUT2D eigenvalue weighted by molar-refractivity contribution is -0.122. The van der Waals surface area contributed by atoms with Gasteiger partial charge in [0.1, 0.15) is 12.2 Å². The number of nitrogens with zero attached hydrogens (tertiary/aromatic N) is 3. The molecule has 0 spiro atoms. The number of hydrogen-bond acceptors (Lipinski definition) is 3. The number of aryl methyl sites for hydroxylation is 1. The van der Waals surface area contributed by atoms with Crippen molar-refractivity contribution in [1.82, 2.24) is 20.1 Å². The second-order valence-corrected chi connectivity index (χ2v) is 6.13. The van der Waals surface area contributed by atoms with Crippen LogP contribution >= 0.6 is 0 Å². The van der Waals surface area contributed by atoms with Crippen molar-refractivity contribution < 1.29 is 4.79 Å². The van der Waals surface area contributed by atoms with Gasteiger partial charge in [-0.05, 0) is 32.4 Å². The van der Waals surface area contributed by atoms with E-state index < -0.39 is 0 Å². The smallest absolute Gasteiger partial charge is 0.220 e. The van der Waals surface area contributed by atoms with E-state index in [1.54, 1.807) is 6.33 Å². The summed E-state index contributed by atoms with van der Waals surface area (Å²) < 4.78 is 1.92. The van der Waals surface area contributed by atoms with Crippen molar-refractivity contribution in [1.29, 1.82) is 0 Å². The van der Waals surface area contributed by atoms with Crippen LogP contribution < -0.4 is 5.32 Å². The van der Waals surface area contributed by atoms with Crippen molar-refractivity contribution in [2.24, 2.45) is 0 Å². The quantitative estimate of drug-likeness (QED) is 0.855. The van der Waals surface area contributed by atoms with Crippen LogP contribution in [0.4, 0.5) is 0 Å². The predicted octanol–water partition coefficient (Wildman–Crippen LogP) is 2.89. The SMILES string of the molecule is CCCC(C)(C)NC(=O)CCc1nncn1-c1ccccc1. The van der Waals surface area contributed by atoms with Gasteiger partial charge in [-0.2, -0.15) is 0 Å². The van der Waals surface area contributed by atoms with Crippen LogP contribution in [-0.4, -0.2) is 26.2 Å². The van der Waals surface area contributed by atoms with Gasteiger partial charge in [0.2, 0.25) is 5.91 Å². The highest BCUT2D eigenvalue weighted by Gasteiger charge is 2.19. The molecule has 1 aromatic heterocycles. The summed E-state index contributed by atoms with van der Waals surface area (Å²) in [5.74, 6) is 0.857. The van der Waals surface area contributed by atoms with E-state index in [0.29, 0.717) is 12.8 Å². The highest BCUT2D eigenvalue weighted by atomic mass is 16.1. The molecule has 1 heterocycles. The van der Waals surface area contributed by atoms with Gasteiger partial charge in [0.05, 0.1) is 0 Å². The molecule has 1 aromatic carbocycles. The van der Waals surface area contributed by atoms with Crippen LogP contribution in [0.2, 0.25) is 0 Å². The Hall–Kier alpha value is -2.17. The molecule has 0 atom stereocenters. The second kappa shape index (κ2) is 7.20. The summed E-state index contributed by atoms with van der Waals surface area (Å²) in [5, 5.41) is 11.2. The standard InChI is InChI=1S/C17H24N4O/c1-4-12-17(2,3)19-16(22)11-10-15-20-18-13-21(15)14-8-6-5-7-9-14/h5-9,13H,4,10-12H2,1-3H3,(H,19,22). The molecule has 5 nitrogen and oxygen atoms in total. The van der Waals surface area contributed by atoms with Crippen LogP contribution in [0.1, 0.15) is 45.9 Å². The van der Waals surface area contributed by atoms with Crippen LogP contribution in [0.25, 0.3) is 5.69 Å². The zero-order valence-corrected chi connectivity index (χ0v) is 13.5. The predicted molar refractivity (Wildman–Crippen MR) is 86.8 cm³/mol. The van der Waals surface area contributed by atoms with Crippen molar-refractivity contribution in [3.05, 3.63) is 42.5 Å². The minimum atomic E-state index is -0.154. The van der Waals surface area contributed by atoms with Gasteiger partial charge in [0.15, 0.2) is 0 Å². The molecule has 0 radical (unpaired) electrons. The number of rotatable bonds is 7. The van der Waals surface area contributed by atoms with Gasteiger partial charge in [-0.3, -0.25) is 9.36 Å². The van der Waals surface area contributed by atoms with E-state index in [4.69, 9.17) is 0 Å². The van der Waals surface area contributed by atoms with E-state index in [2.05, 4.69) is 36.3 Å². The zero-order chi connectivity index (χ0) is 16.0. The Balaban J connectivity index is 1.96. The molecule has 0 fully saturated rings. The third-order valence-corrected chi connectivity index (χ3v) is 3.58. The van der Waals surface area contributed by atoms with Crippen LogP contribution in [-0.2, 0) is 11.2 Å². The maximum absolute atomic E-state index is 12.1. The number of carbonyl (C=O) groups excluding carboxylic acids is 1. The highest BCUT2D eigenvalue weighted by molar-refractivity contribution is 5.76. The van der Waals surface area contributed by atoms with E-state index in [1.807, 2.05) is 34.9 Å². The van der Waals surface area contributed by atoms with E-state index in [-0.39, 0.29) is 11.4 Å². The average Bonchev–Trinajstić information content (AvgIpc) is 2.94. The van der Waals surface area contributed by atoms with Gasteiger partial charge in [-0.15, -0.1) is 10.2 Å². The Labute approximate surface area is 131 Å². The normalized spacial score (nSPS) is 11.4. The van der Waals surface area contributed by atoms with Crippen molar-refractivity contribution in [3.63, 3.8) is 0 Å². The summed E-state index contributed by atoms with van der Waals surface area (Å²) >= 11 is 0. The molecular formula is C17H24N4O. The molecule has 5 heteroatoms. The fourth-order valence-corrected chi connectivity index (χ4v) is 2.59. The average molecular weight is 300 g/mol. The van der Waals surface area contributed by atoms with Crippen molar-refractivity contribution in [2.45, 2.75) is 52.0 Å². The molecule has 0 saturated carbocycles. The number of para-hydroxylation sites is 1. The molecule has 0 aliphatic carbocycles. The summed E-state index contributed by atoms with van der Waals surface area (Å²) in [6.07, 6.45) is 4.69. The Morgan fingerprint density at radius 1 is 1.27 bits per heavy atom. The van der Waals surface area contributed by atoms with E-state index >= 15 is 0 Å². The fourth-order valence-electron chi connectivity index (χ4n) is 2.59. The van der Waals surface area contributed by atoms with Crippen LogP contribution in [0.5, 0.6) is 0 Å². The van der Waals surface area contributed by atoms with Crippen LogP contribution in [0, 0.1) is 0 Å². The summed E-state index contributed by atoms with van der Waals surface area (Å²) in [5.41, 5.74) is 0.855. The van der Waals surface area contributed by atoms with Crippen molar-refractivity contribution in [2.75, 3.05) is 0 Å². The lowest BCUT2D eigenvalue weighted by atomic mass is 9.98. The molecule has 0 aliphatic heterocycles. The highest BCUT2D eigenvalue weighted by Crippen LogP contribution is 2.13. The van der Waals surface area contributed by atoms with Crippen molar-refractivity contribution in [3.8, 4) is 5.69 Å². The first-order valence-electron chi connectivity index (χ1n) is 7.77. The van der Waals surface area contributed by atoms with Crippen molar-refractivity contribution >= 4 is 5.91 Å². The Morgan fingerprint density at radius 2 is 2.00 bits per heavy atom. The second-order valence-electron chi connectivity index (χ2n) is 6.13. The van der Waals surface area contributed by atoms with Gasteiger partial charge < -0.3 is 5.32 Å². The topological polar surface area (TPSA) is 59.8 Å². The van der Waals surface area contributed by atoms with Gasteiger partial charge in [-0.25, -0.2) is 0 Å². The van der Waals surface area contributed by atoms with Gasteiger partial charge in [-0.1, -0.05) is 31.5 Å². The maximum Gasteiger partial charge on any atom is 0.220 e. The maximum atomic E-state index is 12.1. The van der Waals surface area contributed by atoms with E-state index in [1.165, 1.54) is 0 Å². The number of aromatic nitrogens is 3. The first-order chi connectivity index (χ1) is 10.5. The Morgan fingerprint density at radius 3 is 2.68 bits per heavy atom. The molecule has 2 aromatic rings. The Bertz CT molecular complexity index is 604. The monoisotopic (exact) mass is 300 g/mol. The summed E-state index contributed by atoms with van der Waals surface area (Å²) in [7, 11) is 0. The van der Waals surface area contributed by atoms with Crippen LogP contribution in [0.3, 0.4) is 0 Å². The first-order valence-corrected chi connectivity index (χ1v) is 7.77. The van der Waals surface area contributed by atoms with E-state index in [0.717, 1.165) is 24.4 Å². The number of hydrogen-bond donors (Lipinski definition) is 1. The third-order valence-electron chi connectivity index (χ3n) is 3.58. The molecule has 22 heavy (non-hydrogen) atoms. The van der Waals surface area contributed by atoms with Crippen LogP contribution in [0.15, 0.2) is 36.7 Å². The summed E-state index contributed by atoms with van der Waals surface area (Å²) in [4.78, 5) is 12.1. The molecule has 0 unspecified atom stereocenters. The molecular weight excluding hydrogens is 276 g/mol. The largest absolute Gasteiger partial charge is 0.351 e. The Kier molecular flexibility index (Phi) is 5.31. The lowest BCUT2D eigenvalue weighted by Gasteiger charge is -2.25. The minimum absolute atomic E-state index is 0.0565. The minimum Gasteiger partial charge on any atom is -0.351 e. The molecule has 0 bridgehead atoms. The molecule has 0 aliphatic rings. The zero-order valence-electron chi connectivity index (χ0n) is 13.5. The summed E-state index contributed by atoms with van der Waals surface area (Å²) in [6.45, 7) is 6.23. The lowest BCUT2D eigenvalue weighted by Crippen LogP contribution is -2.43. The van der Waals surface area contributed by atoms with Gasteiger partial charge >= 0.3 is 0 Å². The summed E-state index contributed by atoms with van der Waals surface area (Å²) in [6, 6.07) is 9.91. The number of amides is 1. The fraction of sp³-hybridized carbons (Fsp3) is 0.471. The first kappa shape index (κ1) is 16.2. The molecule has 0 saturated heterocycles. The van der Waals surface area contributed by atoms with E-state index in [9.17, 15) is 4.79 Å². The molecule has 1 N–H and O–H groups in total. The molecule has 2 rings (SSSR count).